The van der Waals surface area contributed by atoms with Crippen molar-refractivity contribution in [1.29, 1.82) is 0 Å². The molecule has 2 atom stereocenters. The zero-order valence-electron chi connectivity index (χ0n) is 15.0. The predicted octanol–water partition coefficient (Wildman–Crippen LogP) is 3.96. The van der Waals surface area contributed by atoms with Crippen LogP contribution in [0.15, 0.2) is 18.2 Å². The van der Waals surface area contributed by atoms with Crippen LogP contribution in [-0.2, 0) is 16.1 Å². The van der Waals surface area contributed by atoms with Gasteiger partial charge in [-0.1, -0.05) is 52.5 Å². The highest BCUT2D eigenvalue weighted by Crippen LogP contribution is 2.37. The molecule has 0 spiro atoms. The highest BCUT2D eigenvalue weighted by Gasteiger charge is 2.37. The summed E-state index contributed by atoms with van der Waals surface area (Å²) in [5.41, 5.74) is 1.78. The first-order chi connectivity index (χ1) is 13.2. The van der Waals surface area contributed by atoms with Gasteiger partial charge in [-0.05, 0) is 49.1 Å². The molecule has 2 fully saturated rings. The molecule has 2 aliphatic heterocycles. The lowest BCUT2D eigenvalue weighted by Crippen LogP contribution is -2.46. The Morgan fingerprint density at radius 3 is 2.68 bits per heavy atom. The minimum absolute atomic E-state index is 0.0315. The summed E-state index contributed by atoms with van der Waals surface area (Å²) in [4.78, 5) is 26.2. The van der Waals surface area contributed by atoms with E-state index in [4.69, 9.17) is 51.1 Å². The van der Waals surface area contributed by atoms with Crippen molar-refractivity contribution in [2.24, 2.45) is 0 Å². The number of benzene rings is 1. The third kappa shape index (κ3) is 5.57. The zero-order chi connectivity index (χ0) is 20.3. The van der Waals surface area contributed by atoms with Crippen LogP contribution in [0.3, 0.4) is 0 Å². The summed E-state index contributed by atoms with van der Waals surface area (Å²) in [6.45, 7) is 1.41. The van der Waals surface area contributed by atoms with E-state index in [-0.39, 0.29) is 24.6 Å². The normalized spacial score (nSPS) is 21.9. The van der Waals surface area contributed by atoms with Crippen molar-refractivity contribution in [2.75, 3.05) is 19.7 Å². The second-order valence-electron chi connectivity index (χ2n) is 6.88. The SMILES string of the molecule is O=C(NCc1cc(Cl)ccc1C1CCN1C(=O)OCC(Cl)(Cl)Cl)[C@H]1CCCN1. The van der Waals surface area contributed by atoms with Crippen LogP contribution < -0.4 is 10.6 Å². The number of ether oxygens (including phenoxy) is 1. The fraction of sp³-hybridized carbons (Fsp3) is 0.556. The average Bonchev–Trinajstić information content (AvgIpc) is 3.13. The largest absolute Gasteiger partial charge is 0.445 e. The molecule has 2 aliphatic rings. The summed E-state index contributed by atoms with van der Waals surface area (Å²) in [5, 5.41) is 6.69. The van der Waals surface area contributed by atoms with Crippen molar-refractivity contribution < 1.29 is 14.3 Å². The first kappa shape index (κ1) is 21.8. The molecule has 2 N–H and O–H groups in total. The van der Waals surface area contributed by atoms with Crippen LogP contribution in [0.1, 0.15) is 36.4 Å². The number of carbonyl (C=O) groups is 2. The molecule has 1 unspecified atom stereocenters. The molecule has 10 heteroatoms. The Hall–Kier alpha value is -0.920. The summed E-state index contributed by atoms with van der Waals surface area (Å²) in [6.07, 6.45) is 2.06. The smallest absolute Gasteiger partial charge is 0.410 e. The minimum Gasteiger partial charge on any atom is -0.445 e. The van der Waals surface area contributed by atoms with Crippen LogP contribution in [0.25, 0.3) is 0 Å². The van der Waals surface area contributed by atoms with E-state index >= 15 is 0 Å². The van der Waals surface area contributed by atoms with Gasteiger partial charge >= 0.3 is 6.09 Å². The zero-order valence-corrected chi connectivity index (χ0v) is 18.0. The number of likely N-dealkylation sites (tertiary alicyclic amines) is 1. The van der Waals surface area contributed by atoms with Gasteiger partial charge in [-0.15, -0.1) is 0 Å². The second-order valence-corrected chi connectivity index (χ2v) is 9.83. The molecular weight excluding hydrogens is 448 g/mol. The number of halogens is 4. The lowest BCUT2D eigenvalue weighted by Gasteiger charge is -2.41. The summed E-state index contributed by atoms with van der Waals surface area (Å²) in [6, 6.07) is 5.12. The Morgan fingerprint density at radius 2 is 2.07 bits per heavy atom. The molecule has 3 rings (SSSR count). The summed E-state index contributed by atoms with van der Waals surface area (Å²) in [5.74, 6) is -0.0315. The molecule has 1 aromatic rings. The number of amides is 2. The van der Waals surface area contributed by atoms with Gasteiger partial charge in [-0.2, -0.15) is 0 Å². The van der Waals surface area contributed by atoms with E-state index in [9.17, 15) is 9.59 Å². The van der Waals surface area contributed by atoms with Gasteiger partial charge in [0.15, 0.2) is 0 Å². The maximum atomic E-state index is 12.3. The van der Waals surface area contributed by atoms with Gasteiger partial charge in [0.1, 0.15) is 6.61 Å². The molecule has 0 aromatic heterocycles. The van der Waals surface area contributed by atoms with E-state index in [0.29, 0.717) is 18.1 Å². The third-order valence-electron chi connectivity index (χ3n) is 4.91. The van der Waals surface area contributed by atoms with Gasteiger partial charge in [0.2, 0.25) is 9.70 Å². The van der Waals surface area contributed by atoms with Crippen molar-refractivity contribution in [1.82, 2.24) is 15.5 Å². The molecule has 2 heterocycles. The van der Waals surface area contributed by atoms with Gasteiger partial charge in [0.05, 0.1) is 12.1 Å². The van der Waals surface area contributed by atoms with E-state index in [1.807, 2.05) is 12.1 Å². The molecular formula is C18H21Cl4N3O3. The molecule has 154 valence electrons. The van der Waals surface area contributed by atoms with Crippen LogP contribution in [-0.4, -0.2) is 46.4 Å². The van der Waals surface area contributed by atoms with E-state index in [1.54, 1.807) is 11.0 Å². The van der Waals surface area contributed by atoms with E-state index in [2.05, 4.69) is 10.6 Å². The van der Waals surface area contributed by atoms with Gasteiger partial charge in [0.25, 0.3) is 0 Å². The van der Waals surface area contributed by atoms with Gasteiger partial charge in [-0.3, -0.25) is 4.79 Å². The molecule has 0 bridgehead atoms. The van der Waals surface area contributed by atoms with Crippen molar-refractivity contribution in [3.05, 3.63) is 34.3 Å². The monoisotopic (exact) mass is 467 g/mol. The molecule has 2 amide bonds. The number of nitrogens with one attached hydrogen (secondary N) is 2. The molecule has 0 radical (unpaired) electrons. The van der Waals surface area contributed by atoms with Gasteiger partial charge < -0.3 is 20.3 Å². The molecule has 0 aliphatic carbocycles. The lowest BCUT2D eigenvalue weighted by molar-refractivity contribution is -0.122. The lowest BCUT2D eigenvalue weighted by atomic mass is 9.91. The minimum atomic E-state index is -1.65. The number of hydrogen-bond acceptors (Lipinski definition) is 4. The van der Waals surface area contributed by atoms with Gasteiger partial charge in [-0.25, -0.2) is 4.79 Å². The van der Waals surface area contributed by atoms with E-state index in [0.717, 1.165) is 36.9 Å². The van der Waals surface area contributed by atoms with Crippen LogP contribution in [0.5, 0.6) is 0 Å². The Labute approximate surface area is 183 Å². The topological polar surface area (TPSA) is 70.7 Å². The Bertz CT molecular complexity index is 735. The van der Waals surface area contributed by atoms with Crippen LogP contribution in [0.2, 0.25) is 5.02 Å². The number of carbonyl (C=O) groups excluding carboxylic acids is 2. The Kier molecular flexibility index (Phi) is 7.21. The van der Waals surface area contributed by atoms with Crippen molar-refractivity contribution >= 4 is 58.4 Å². The molecule has 1 aromatic carbocycles. The van der Waals surface area contributed by atoms with Crippen LogP contribution >= 0.6 is 46.4 Å². The Balaban J connectivity index is 1.66. The first-order valence-electron chi connectivity index (χ1n) is 9.04. The standard InChI is InChI=1S/C18H21Cl4N3O3/c19-12-3-4-13(11(8-12)9-24-16(26)14-2-1-6-23-14)15-5-7-25(15)17(27)28-10-18(20,21)22/h3-4,8,14-15,23H,1-2,5-7,9-10H2,(H,24,26)/t14-,15?/m1/s1. The van der Waals surface area contributed by atoms with E-state index < -0.39 is 9.89 Å². The summed E-state index contributed by atoms with van der Waals surface area (Å²) in [7, 11) is 0. The first-order valence-corrected chi connectivity index (χ1v) is 10.6. The van der Waals surface area contributed by atoms with Crippen molar-refractivity contribution in [3.8, 4) is 0 Å². The fourth-order valence-corrected chi connectivity index (χ4v) is 3.78. The van der Waals surface area contributed by atoms with Crippen LogP contribution in [0, 0.1) is 0 Å². The molecule has 2 saturated heterocycles. The van der Waals surface area contributed by atoms with E-state index in [1.165, 1.54) is 0 Å². The second kappa shape index (κ2) is 9.26. The molecule has 28 heavy (non-hydrogen) atoms. The van der Waals surface area contributed by atoms with Crippen molar-refractivity contribution in [2.45, 2.75) is 41.7 Å². The third-order valence-corrected chi connectivity index (χ3v) is 5.47. The maximum absolute atomic E-state index is 12.3. The quantitative estimate of drug-likeness (QED) is 0.641. The maximum Gasteiger partial charge on any atom is 0.410 e. The predicted molar refractivity (Wildman–Crippen MR) is 110 cm³/mol. The molecule has 0 saturated carbocycles. The van der Waals surface area contributed by atoms with Crippen molar-refractivity contribution in [3.63, 3.8) is 0 Å². The molecule has 6 nitrogen and oxygen atoms in total. The van der Waals surface area contributed by atoms with Gasteiger partial charge in [0, 0.05) is 18.1 Å². The Morgan fingerprint density at radius 1 is 1.29 bits per heavy atom. The number of hydrogen-bond donors (Lipinski definition) is 2. The number of nitrogens with zero attached hydrogens (tertiary/aromatic N) is 1. The fourth-order valence-electron chi connectivity index (χ4n) is 3.42. The summed E-state index contributed by atoms with van der Waals surface area (Å²) < 4.78 is 3.43. The highest BCUT2D eigenvalue weighted by molar-refractivity contribution is 6.67. The summed E-state index contributed by atoms with van der Waals surface area (Å²) >= 11 is 23.1. The number of rotatable bonds is 5. The number of alkyl halides is 3. The highest BCUT2D eigenvalue weighted by atomic mass is 35.6. The van der Waals surface area contributed by atoms with Crippen LogP contribution in [0.4, 0.5) is 4.79 Å². The average molecular weight is 469 g/mol.